The second kappa shape index (κ2) is 7.43. The van der Waals surface area contributed by atoms with Crippen LogP contribution in [0.1, 0.15) is 12.8 Å². The average Bonchev–Trinajstić information content (AvgIpc) is 2.97. The SMILES string of the molecule is Cl.Clc1cccc2c(OC3CCNCC3)nn(-c3ccccc3)c12. The largest absolute Gasteiger partial charge is 0.473 e. The molecule has 1 fully saturated rings. The highest BCUT2D eigenvalue weighted by Crippen LogP contribution is 2.33. The molecule has 2 heterocycles. The summed E-state index contributed by atoms with van der Waals surface area (Å²) in [6.45, 7) is 1.98. The van der Waals surface area contributed by atoms with Crippen LogP contribution in [0.4, 0.5) is 0 Å². The maximum atomic E-state index is 6.44. The molecule has 0 saturated carbocycles. The standard InChI is InChI=1S/C18H18ClN3O.ClH/c19-16-8-4-7-15-17(16)22(13-5-2-1-3-6-13)21-18(15)23-14-9-11-20-12-10-14;/h1-8,14,20H,9-12H2;1H. The molecule has 6 heteroatoms. The van der Waals surface area contributed by atoms with Gasteiger partial charge in [-0.15, -0.1) is 17.5 Å². The van der Waals surface area contributed by atoms with Gasteiger partial charge in [0.05, 0.1) is 21.6 Å². The molecule has 3 aromatic rings. The van der Waals surface area contributed by atoms with E-state index in [0.717, 1.165) is 42.5 Å². The van der Waals surface area contributed by atoms with Gasteiger partial charge in [0.2, 0.25) is 5.88 Å². The molecule has 0 aliphatic carbocycles. The first-order valence-corrected chi connectivity index (χ1v) is 8.31. The van der Waals surface area contributed by atoms with Crippen molar-refractivity contribution in [3.8, 4) is 11.6 Å². The fourth-order valence-electron chi connectivity index (χ4n) is 3.01. The van der Waals surface area contributed by atoms with Crippen molar-refractivity contribution < 1.29 is 4.74 Å². The number of ether oxygens (including phenoxy) is 1. The van der Waals surface area contributed by atoms with Crippen LogP contribution >= 0.6 is 24.0 Å². The quantitative estimate of drug-likeness (QED) is 0.756. The maximum Gasteiger partial charge on any atom is 0.241 e. The third kappa shape index (κ3) is 3.22. The highest BCUT2D eigenvalue weighted by molar-refractivity contribution is 6.35. The number of benzene rings is 2. The first-order chi connectivity index (χ1) is 11.3. The van der Waals surface area contributed by atoms with Gasteiger partial charge in [-0.1, -0.05) is 35.9 Å². The van der Waals surface area contributed by atoms with Crippen molar-refractivity contribution >= 4 is 34.9 Å². The summed E-state index contributed by atoms with van der Waals surface area (Å²) < 4.78 is 8.06. The molecule has 0 amide bonds. The van der Waals surface area contributed by atoms with Crippen LogP contribution in [0.3, 0.4) is 0 Å². The minimum atomic E-state index is 0. The average molecular weight is 364 g/mol. The number of nitrogens with one attached hydrogen (secondary N) is 1. The fraction of sp³-hybridized carbons (Fsp3) is 0.278. The highest BCUT2D eigenvalue weighted by atomic mass is 35.5. The molecule has 1 N–H and O–H groups in total. The number of para-hydroxylation sites is 2. The zero-order valence-corrected chi connectivity index (χ0v) is 14.7. The Bertz CT molecular complexity index is 814. The van der Waals surface area contributed by atoms with Gasteiger partial charge in [-0.25, -0.2) is 4.68 Å². The Morgan fingerprint density at radius 2 is 1.79 bits per heavy atom. The summed E-state index contributed by atoms with van der Waals surface area (Å²) in [6, 6.07) is 15.9. The molecule has 1 aromatic heterocycles. The van der Waals surface area contributed by atoms with Gasteiger partial charge in [0, 0.05) is 0 Å². The molecule has 2 aromatic carbocycles. The van der Waals surface area contributed by atoms with E-state index in [9.17, 15) is 0 Å². The van der Waals surface area contributed by atoms with Crippen LogP contribution in [0.25, 0.3) is 16.6 Å². The Morgan fingerprint density at radius 1 is 1.04 bits per heavy atom. The predicted molar refractivity (Wildman–Crippen MR) is 99.8 cm³/mol. The van der Waals surface area contributed by atoms with E-state index in [1.54, 1.807) is 0 Å². The molecular formula is C18H19Cl2N3O. The monoisotopic (exact) mass is 363 g/mol. The van der Waals surface area contributed by atoms with Crippen LogP contribution in [0.5, 0.6) is 5.88 Å². The van der Waals surface area contributed by atoms with Gasteiger partial charge >= 0.3 is 0 Å². The number of piperidine rings is 1. The Hall–Kier alpha value is -1.75. The number of nitrogens with zero attached hydrogens (tertiary/aromatic N) is 2. The van der Waals surface area contributed by atoms with Gasteiger partial charge in [0.25, 0.3) is 0 Å². The summed E-state index contributed by atoms with van der Waals surface area (Å²) in [5.41, 5.74) is 1.87. The lowest BCUT2D eigenvalue weighted by Crippen LogP contribution is -2.34. The number of aromatic nitrogens is 2. The number of halogens is 2. The predicted octanol–water partition coefficient (Wildman–Crippen LogP) is 4.23. The van der Waals surface area contributed by atoms with Crippen LogP contribution in [-0.4, -0.2) is 29.0 Å². The number of hydrogen-bond donors (Lipinski definition) is 1. The third-order valence-corrected chi connectivity index (χ3v) is 4.49. The molecule has 0 bridgehead atoms. The molecular weight excluding hydrogens is 345 g/mol. The Morgan fingerprint density at radius 3 is 2.54 bits per heavy atom. The molecule has 4 rings (SSSR count). The van der Waals surface area contributed by atoms with Crippen molar-refractivity contribution in [3.63, 3.8) is 0 Å². The van der Waals surface area contributed by atoms with E-state index in [4.69, 9.17) is 21.4 Å². The summed E-state index contributed by atoms with van der Waals surface area (Å²) in [4.78, 5) is 0. The zero-order valence-electron chi connectivity index (χ0n) is 13.1. The minimum Gasteiger partial charge on any atom is -0.473 e. The van der Waals surface area contributed by atoms with Crippen molar-refractivity contribution in [1.29, 1.82) is 0 Å². The van der Waals surface area contributed by atoms with E-state index in [-0.39, 0.29) is 18.5 Å². The summed E-state index contributed by atoms with van der Waals surface area (Å²) in [7, 11) is 0. The van der Waals surface area contributed by atoms with Crippen LogP contribution in [-0.2, 0) is 0 Å². The normalized spacial score (nSPS) is 15.2. The van der Waals surface area contributed by atoms with E-state index in [1.807, 2.05) is 53.2 Å². The van der Waals surface area contributed by atoms with E-state index in [1.165, 1.54) is 0 Å². The van der Waals surface area contributed by atoms with Crippen molar-refractivity contribution in [2.45, 2.75) is 18.9 Å². The lowest BCUT2D eigenvalue weighted by molar-refractivity contribution is 0.157. The van der Waals surface area contributed by atoms with Gasteiger partial charge in [-0.2, -0.15) is 0 Å². The summed E-state index contributed by atoms with van der Waals surface area (Å²) in [5, 5.41) is 9.69. The van der Waals surface area contributed by atoms with Gasteiger partial charge < -0.3 is 10.1 Å². The molecule has 126 valence electrons. The van der Waals surface area contributed by atoms with E-state index in [2.05, 4.69) is 5.32 Å². The van der Waals surface area contributed by atoms with Crippen molar-refractivity contribution in [1.82, 2.24) is 15.1 Å². The fourth-order valence-corrected chi connectivity index (χ4v) is 3.27. The number of rotatable bonds is 3. The van der Waals surface area contributed by atoms with Gasteiger partial charge in [0.15, 0.2) is 0 Å². The molecule has 1 aliphatic heterocycles. The number of fused-ring (bicyclic) bond motifs is 1. The molecule has 0 radical (unpaired) electrons. The lowest BCUT2D eigenvalue weighted by atomic mass is 10.1. The van der Waals surface area contributed by atoms with Crippen molar-refractivity contribution in [2.75, 3.05) is 13.1 Å². The summed E-state index contributed by atoms with van der Waals surface area (Å²) in [6.07, 6.45) is 2.21. The zero-order chi connectivity index (χ0) is 15.6. The molecule has 1 saturated heterocycles. The first kappa shape index (κ1) is 17.1. The van der Waals surface area contributed by atoms with Crippen LogP contribution in [0.2, 0.25) is 5.02 Å². The van der Waals surface area contributed by atoms with E-state index in [0.29, 0.717) is 10.9 Å². The molecule has 0 unspecified atom stereocenters. The van der Waals surface area contributed by atoms with Gasteiger partial charge in [0.1, 0.15) is 6.10 Å². The van der Waals surface area contributed by atoms with E-state index < -0.39 is 0 Å². The molecule has 4 nitrogen and oxygen atoms in total. The second-order valence-electron chi connectivity index (χ2n) is 5.76. The summed E-state index contributed by atoms with van der Waals surface area (Å²) >= 11 is 6.44. The smallest absolute Gasteiger partial charge is 0.241 e. The van der Waals surface area contributed by atoms with Gasteiger partial charge in [-0.3, -0.25) is 0 Å². The van der Waals surface area contributed by atoms with Crippen molar-refractivity contribution in [2.24, 2.45) is 0 Å². The van der Waals surface area contributed by atoms with Crippen LogP contribution < -0.4 is 10.1 Å². The Kier molecular flexibility index (Phi) is 5.29. The van der Waals surface area contributed by atoms with Crippen LogP contribution in [0, 0.1) is 0 Å². The van der Waals surface area contributed by atoms with Gasteiger partial charge in [-0.05, 0) is 50.2 Å². The Balaban J connectivity index is 0.00000169. The summed E-state index contributed by atoms with van der Waals surface area (Å²) in [5.74, 6) is 0.665. The van der Waals surface area contributed by atoms with E-state index >= 15 is 0 Å². The molecule has 0 spiro atoms. The first-order valence-electron chi connectivity index (χ1n) is 7.93. The molecule has 1 aliphatic rings. The Labute approximate surface area is 152 Å². The van der Waals surface area contributed by atoms with Crippen molar-refractivity contribution in [3.05, 3.63) is 53.6 Å². The topological polar surface area (TPSA) is 39.1 Å². The molecule has 24 heavy (non-hydrogen) atoms. The third-order valence-electron chi connectivity index (χ3n) is 4.19. The maximum absolute atomic E-state index is 6.44. The highest BCUT2D eigenvalue weighted by Gasteiger charge is 2.20. The number of hydrogen-bond acceptors (Lipinski definition) is 3. The second-order valence-corrected chi connectivity index (χ2v) is 6.16. The minimum absolute atomic E-state index is 0. The van der Waals surface area contributed by atoms with Crippen LogP contribution in [0.15, 0.2) is 48.5 Å². The lowest BCUT2D eigenvalue weighted by Gasteiger charge is -2.22. The molecule has 0 atom stereocenters.